The molecule has 202 valence electrons. The number of benzene rings is 3. The van der Waals surface area contributed by atoms with Crippen molar-refractivity contribution in [3.05, 3.63) is 118 Å². The number of nitrogens with zero attached hydrogens (tertiary/aromatic N) is 4. The van der Waals surface area contributed by atoms with E-state index in [1.54, 1.807) is 17.7 Å². The minimum atomic E-state index is -0.676. The third-order valence-corrected chi connectivity index (χ3v) is 7.31. The van der Waals surface area contributed by atoms with Gasteiger partial charge in [-0.15, -0.1) is 0 Å². The number of ether oxygens (including phenoxy) is 1. The first-order valence-corrected chi connectivity index (χ1v) is 13.2. The largest absolute Gasteiger partial charge is 0.490 e. The summed E-state index contributed by atoms with van der Waals surface area (Å²) in [7, 11) is 0. The standard InChI is InChI=1S/C33H25FN4O3/c1-20-14-24-15-23(10-13-30(24)41-20)31-25(19-38(36-31)27-6-4-3-5-7-27)16-28-21(2)29(17-35)33(40)37(32(28)39)18-22-8-11-26(34)12-9-22/h3-13,15-16,19-20H,14,18H2,1-2H3/b28-16+. The highest BCUT2D eigenvalue weighted by molar-refractivity contribution is 6.19. The Hall–Kier alpha value is -5.29. The summed E-state index contributed by atoms with van der Waals surface area (Å²) in [4.78, 5) is 28.0. The highest BCUT2D eigenvalue weighted by Crippen LogP contribution is 2.36. The average molecular weight is 545 g/mol. The van der Waals surface area contributed by atoms with Crippen molar-refractivity contribution in [2.24, 2.45) is 0 Å². The van der Waals surface area contributed by atoms with Gasteiger partial charge in [0.25, 0.3) is 11.8 Å². The van der Waals surface area contributed by atoms with Crippen LogP contribution < -0.4 is 4.74 Å². The molecule has 1 unspecified atom stereocenters. The van der Waals surface area contributed by atoms with Crippen LogP contribution in [0.4, 0.5) is 4.39 Å². The van der Waals surface area contributed by atoms with Gasteiger partial charge in [0.15, 0.2) is 0 Å². The fraction of sp³-hybridized carbons (Fsp3) is 0.152. The normalized spacial score (nSPS) is 17.6. The Bertz CT molecular complexity index is 1800. The highest BCUT2D eigenvalue weighted by atomic mass is 19.1. The van der Waals surface area contributed by atoms with Crippen LogP contribution in [-0.2, 0) is 22.6 Å². The van der Waals surface area contributed by atoms with Gasteiger partial charge in [0.05, 0.1) is 17.9 Å². The van der Waals surface area contributed by atoms with Crippen molar-refractivity contribution < 1.29 is 18.7 Å². The number of rotatable bonds is 5. The molecular weight excluding hydrogens is 519 g/mol. The van der Waals surface area contributed by atoms with Gasteiger partial charge in [-0.05, 0) is 79.1 Å². The summed E-state index contributed by atoms with van der Waals surface area (Å²) in [5.74, 6) is -0.789. The van der Waals surface area contributed by atoms with Crippen LogP contribution in [0.2, 0.25) is 0 Å². The number of aromatic nitrogens is 2. The van der Waals surface area contributed by atoms with Crippen LogP contribution in [0.5, 0.6) is 5.75 Å². The molecule has 2 aliphatic heterocycles. The zero-order valence-corrected chi connectivity index (χ0v) is 22.5. The first-order valence-electron chi connectivity index (χ1n) is 13.2. The Morgan fingerprint density at radius 2 is 1.83 bits per heavy atom. The molecule has 0 radical (unpaired) electrons. The fourth-order valence-electron chi connectivity index (χ4n) is 5.20. The molecule has 0 aliphatic carbocycles. The van der Waals surface area contributed by atoms with Gasteiger partial charge in [-0.1, -0.05) is 30.3 Å². The van der Waals surface area contributed by atoms with E-state index >= 15 is 0 Å². The Morgan fingerprint density at radius 1 is 1.07 bits per heavy atom. The predicted molar refractivity (Wildman–Crippen MR) is 151 cm³/mol. The number of carbonyl (C=O) groups is 2. The van der Waals surface area contributed by atoms with E-state index in [0.29, 0.717) is 22.4 Å². The van der Waals surface area contributed by atoms with Crippen molar-refractivity contribution in [3.63, 3.8) is 0 Å². The summed E-state index contributed by atoms with van der Waals surface area (Å²) in [5.41, 5.74) is 5.03. The number of amides is 2. The number of hydrogen-bond donors (Lipinski definition) is 0. The van der Waals surface area contributed by atoms with Crippen molar-refractivity contribution in [1.82, 2.24) is 14.7 Å². The molecule has 0 spiro atoms. The predicted octanol–water partition coefficient (Wildman–Crippen LogP) is 5.79. The van der Waals surface area contributed by atoms with E-state index in [9.17, 15) is 19.2 Å². The lowest BCUT2D eigenvalue weighted by molar-refractivity contribution is -0.141. The average Bonchev–Trinajstić information content (AvgIpc) is 3.57. The van der Waals surface area contributed by atoms with E-state index < -0.39 is 17.6 Å². The number of halogens is 1. The molecule has 4 aromatic rings. The second kappa shape index (κ2) is 10.4. The van der Waals surface area contributed by atoms with E-state index in [2.05, 4.69) is 6.07 Å². The highest BCUT2D eigenvalue weighted by Gasteiger charge is 2.36. The van der Waals surface area contributed by atoms with E-state index in [4.69, 9.17) is 9.84 Å². The summed E-state index contributed by atoms with van der Waals surface area (Å²) in [6.45, 7) is 3.53. The lowest BCUT2D eigenvalue weighted by atomic mass is 9.92. The molecule has 2 aliphatic rings. The molecular formula is C33H25FN4O3. The van der Waals surface area contributed by atoms with Crippen LogP contribution in [0.1, 0.15) is 30.5 Å². The van der Waals surface area contributed by atoms with E-state index in [-0.39, 0.29) is 23.8 Å². The van der Waals surface area contributed by atoms with E-state index in [1.165, 1.54) is 24.3 Å². The zero-order valence-electron chi connectivity index (χ0n) is 22.5. The molecule has 3 heterocycles. The van der Waals surface area contributed by atoms with Crippen molar-refractivity contribution >= 4 is 17.9 Å². The van der Waals surface area contributed by atoms with Crippen LogP contribution >= 0.6 is 0 Å². The number of para-hydroxylation sites is 1. The summed E-state index contributed by atoms with van der Waals surface area (Å²) in [5, 5.41) is 14.7. The van der Waals surface area contributed by atoms with Gasteiger partial charge in [-0.3, -0.25) is 14.5 Å². The molecule has 0 saturated heterocycles. The molecule has 7 nitrogen and oxygen atoms in total. The summed E-state index contributed by atoms with van der Waals surface area (Å²) < 4.78 is 21.1. The Balaban J connectivity index is 1.48. The molecule has 0 bridgehead atoms. The second-order valence-electron chi connectivity index (χ2n) is 10.2. The molecule has 0 saturated carbocycles. The van der Waals surface area contributed by atoms with Gasteiger partial charge in [-0.25, -0.2) is 9.07 Å². The monoisotopic (exact) mass is 544 g/mol. The maximum absolute atomic E-state index is 13.8. The van der Waals surface area contributed by atoms with Gasteiger partial charge >= 0.3 is 0 Å². The van der Waals surface area contributed by atoms with Crippen molar-refractivity contribution in [3.8, 4) is 28.8 Å². The molecule has 8 heteroatoms. The van der Waals surface area contributed by atoms with Crippen LogP contribution in [0.25, 0.3) is 23.0 Å². The Morgan fingerprint density at radius 3 is 2.56 bits per heavy atom. The van der Waals surface area contributed by atoms with Gasteiger partial charge in [0.2, 0.25) is 0 Å². The van der Waals surface area contributed by atoms with Gasteiger partial charge in [0, 0.05) is 29.3 Å². The molecule has 3 aromatic carbocycles. The number of nitriles is 1. The molecule has 6 rings (SSSR count). The third-order valence-electron chi connectivity index (χ3n) is 7.31. The molecule has 2 amide bonds. The van der Waals surface area contributed by atoms with E-state index in [1.807, 2.05) is 61.7 Å². The topological polar surface area (TPSA) is 88.2 Å². The third kappa shape index (κ3) is 4.83. The molecule has 1 aromatic heterocycles. The number of fused-ring (bicyclic) bond motifs is 1. The van der Waals surface area contributed by atoms with Crippen LogP contribution in [-0.4, -0.2) is 32.6 Å². The first-order chi connectivity index (χ1) is 19.8. The Labute approximate surface area is 236 Å². The lowest BCUT2D eigenvalue weighted by Gasteiger charge is -2.27. The maximum atomic E-state index is 13.8. The molecule has 0 fully saturated rings. The smallest absolute Gasteiger partial charge is 0.271 e. The second-order valence-corrected chi connectivity index (χ2v) is 10.2. The quantitative estimate of drug-likeness (QED) is 0.234. The summed E-state index contributed by atoms with van der Waals surface area (Å²) in [6, 6.07) is 23.1. The zero-order chi connectivity index (χ0) is 28.7. The number of carbonyl (C=O) groups excluding carboxylic acids is 2. The molecule has 1 atom stereocenters. The van der Waals surface area contributed by atoms with Gasteiger partial charge in [-0.2, -0.15) is 10.4 Å². The fourth-order valence-corrected chi connectivity index (χ4v) is 5.20. The minimum absolute atomic E-state index is 0.0883. The number of imide groups is 1. The van der Waals surface area contributed by atoms with Crippen molar-refractivity contribution in [2.75, 3.05) is 0 Å². The van der Waals surface area contributed by atoms with Crippen molar-refractivity contribution in [1.29, 1.82) is 5.26 Å². The molecule has 41 heavy (non-hydrogen) atoms. The van der Waals surface area contributed by atoms with Crippen LogP contribution in [0, 0.1) is 17.1 Å². The Kier molecular flexibility index (Phi) is 6.56. The van der Waals surface area contributed by atoms with Crippen molar-refractivity contribution in [2.45, 2.75) is 32.9 Å². The SMILES string of the molecule is CC1=C(C#N)C(=O)N(Cc2ccc(F)cc2)C(=O)/C1=C/c1cn(-c2ccccc2)nc1-c1ccc2c(c1)CC(C)O2. The van der Waals surface area contributed by atoms with Gasteiger partial charge in [0.1, 0.15) is 29.3 Å². The minimum Gasteiger partial charge on any atom is -0.490 e. The number of hydrogen-bond acceptors (Lipinski definition) is 5. The summed E-state index contributed by atoms with van der Waals surface area (Å²) in [6.07, 6.45) is 4.39. The van der Waals surface area contributed by atoms with Crippen LogP contribution in [0.15, 0.2) is 95.7 Å². The van der Waals surface area contributed by atoms with Crippen LogP contribution in [0.3, 0.4) is 0 Å². The maximum Gasteiger partial charge on any atom is 0.271 e. The summed E-state index contributed by atoms with van der Waals surface area (Å²) >= 11 is 0. The lowest BCUT2D eigenvalue weighted by Crippen LogP contribution is -2.42. The van der Waals surface area contributed by atoms with E-state index in [0.717, 1.165) is 33.9 Å². The first kappa shape index (κ1) is 26.0. The molecule has 0 N–H and O–H groups in total. The van der Waals surface area contributed by atoms with Gasteiger partial charge < -0.3 is 4.74 Å².